The van der Waals surface area contributed by atoms with Gasteiger partial charge in [0.1, 0.15) is 0 Å². The van der Waals surface area contributed by atoms with E-state index in [2.05, 4.69) is 42.4 Å². The van der Waals surface area contributed by atoms with Crippen molar-refractivity contribution in [3.05, 3.63) is 23.8 Å². The quantitative estimate of drug-likeness (QED) is 0.905. The van der Waals surface area contributed by atoms with Gasteiger partial charge >= 0.3 is 0 Å². The summed E-state index contributed by atoms with van der Waals surface area (Å²) in [5.41, 5.74) is 3.47. The van der Waals surface area contributed by atoms with Crippen LogP contribution in [0.2, 0.25) is 0 Å². The van der Waals surface area contributed by atoms with Gasteiger partial charge in [0.25, 0.3) is 0 Å². The summed E-state index contributed by atoms with van der Waals surface area (Å²) >= 11 is 0. The molecular weight excluding hydrogens is 262 g/mol. The van der Waals surface area contributed by atoms with Gasteiger partial charge in [-0.05, 0) is 56.5 Å². The third kappa shape index (κ3) is 3.05. The molecule has 0 radical (unpaired) electrons. The van der Waals surface area contributed by atoms with Gasteiger partial charge in [0, 0.05) is 26.6 Å². The van der Waals surface area contributed by atoms with Crippen LogP contribution in [0.25, 0.3) is 0 Å². The summed E-state index contributed by atoms with van der Waals surface area (Å²) in [5, 5.41) is 3.36. The highest BCUT2D eigenvalue weighted by atomic mass is 16.2. The molecule has 1 fully saturated rings. The zero-order chi connectivity index (χ0) is 14.8. The van der Waals surface area contributed by atoms with Gasteiger partial charge in [0.15, 0.2) is 0 Å². The highest BCUT2D eigenvalue weighted by molar-refractivity contribution is 5.98. The van der Waals surface area contributed by atoms with Crippen LogP contribution in [0.15, 0.2) is 18.2 Å². The minimum absolute atomic E-state index is 0.293. The molecule has 0 atom stereocenters. The summed E-state index contributed by atoms with van der Waals surface area (Å²) in [6, 6.07) is 6.40. The Hall–Kier alpha value is -1.55. The average molecular weight is 287 g/mol. The molecule has 0 saturated carbocycles. The summed E-state index contributed by atoms with van der Waals surface area (Å²) in [5.74, 6) is 0.841. The van der Waals surface area contributed by atoms with E-state index < -0.39 is 0 Å². The van der Waals surface area contributed by atoms with E-state index in [-0.39, 0.29) is 0 Å². The monoisotopic (exact) mass is 287 g/mol. The topological polar surface area (TPSA) is 35.6 Å². The number of piperidine rings is 1. The molecule has 1 aromatic carbocycles. The zero-order valence-corrected chi connectivity index (χ0v) is 13.1. The van der Waals surface area contributed by atoms with E-state index in [4.69, 9.17) is 0 Å². The second-order valence-corrected chi connectivity index (χ2v) is 6.36. The number of amides is 1. The molecule has 0 aliphatic carbocycles. The number of benzene rings is 1. The number of fused-ring (bicyclic) bond motifs is 1. The van der Waals surface area contributed by atoms with Crippen LogP contribution >= 0.6 is 0 Å². The maximum Gasteiger partial charge on any atom is 0.227 e. The second-order valence-electron chi connectivity index (χ2n) is 6.36. The normalized spacial score (nSPS) is 19.5. The average Bonchev–Trinajstić information content (AvgIpc) is 2.48. The van der Waals surface area contributed by atoms with Crippen LogP contribution in [0, 0.1) is 12.8 Å². The first kappa shape index (κ1) is 14.4. The van der Waals surface area contributed by atoms with Crippen LogP contribution in [0.5, 0.6) is 0 Å². The number of likely N-dealkylation sites (N-methyl/N-ethyl adjacent to an activating group) is 1. The number of nitrogens with zero attached hydrogens (tertiary/aromatic N) is 2. The molecular formula is C17H25N3O. The minimum atomic E-state index is 0.293. The van der Waals surface area contributed by atoms with Crippen molar-refractivity contribution in [2.24, 2.45) is 5.92 Å². The number of nitrogens with one attached hydrogen (secondary N) is 1. The lowest BCUT2D eigenvalue weighted by atomic mass is 9.94. The van der Waals surface area contributed by atoms with E-state index in [0.29, 0.717) is 18.2 Å². The van der Waals surface area contributed by atoms with Gasteiger partial charge in [0.05, 0.1) is 11.4 Å². The number of carbonyl (C=O) groups excluding carboxylic acids is 1. The Morgan fingerprint density at radius 3 is 2.76 bits per heavy atom. The van der Waals surface area contributed by atoms with E-state index in [9.17, 15) is 4.79 Å². The number of rotatable bonds is 2. The van der Waals surface area contributed by atoms with Crippen molar-refractivity contribution in [1.29, 1.82) is 0 Å². The van der Waals surface area contributed by atoms with E-state index in [0.717, 1.165) is 44.7 Å². The van der Waals surface area contributed by atoms with Gasteiger partial charge in [-0.15, -0.1) is 0 Å². The molecule has 2 aliphatic rings. The molecule has 1 N–H and O–H groups in total. The standard InChI is InChI=1S/C17H25N3O/c1-13-3-4-15-16(11-13)20(10-9-19(15)2)17(21)12-14-5-7-18-8-6-14/h3-4,11,14,18H,5-10,12H2,1-2H3. The van der Waals surface area contributed by atoms with Crippen molar-refractivity contribution >= 4 is 17.3 Å². The largest absolute Gasteiger partial charge is 0.371 e. The Balaban J connectivity index is 1.78. The SMILES string of the molecule is Cc1ccc2c(c1)N(C(=O)CC1CCNCC1)CCN2C. The Kier molecular flexibility index (Phi) is 4.15. The molecule has 0 aromatic heterocycles. The molecule has 0 bridgehead atoms. The number of carbonyl (C=O) groups is 1. The minimum Gasteiger partial charge on any atom is -0.371 e. The molecule has 3 rings (SSSR count). The van der Waals surface area contributed by atoms with Crippen LogP contribution < -0.4 is 15.1 Å². The molecule has 0 spiro atoms. The van der Waals surface area contributed by atoms with E-state index in [1.165, 1.54) is 11.3 Å². The third-order valence-electron chi connectivity index (χ3n) is 4.72. The fourth-order valence-corrected chi connectivity index (χ4v) is 3.37. The number of aryl methyl sites for hydroxylation is 1. The zero-order valence-electron chi connectivity index (χ0n) is 13.1. The Bertz CT molecular complexity index is 523. The van der Waals surface area contributed by atoms with Crippen molar-refractivity contribution in [2.45, 2.75) is 26.2 Å². The van der Waals surface area contributed by atoms with Gasteiger partial charge in [-0.25, -0.2) is 0 Å². The maximum absolute atomic E-state index is 12.7. The predicted octanol–water partition coefficient (Wildman–Crippen LogP) is 2.17. The van der Waals surface area contributed by atoms with Crippen molar-refractivity contribution in [3.63, 3.8) is 0 Å². The van der Waals surface area contributed by atoms with Crippen molar-refractivity contribution in [1.82, 2.24) is 5.32 Å². The van der Waals surface area contributed by atoms with Crippen LogP contribution in [0.3, 0.4) is 0 Å². The highest BCUT2D eigenvalue weighted by Gasteiger charge is 2.27. The Labute approximate surface area is 127 Å². The van der Waals surface area contributed by atoms with E-state index in [1.807, 2.05) is 4.90 Å². The van der Waals surface area contributed by atoms with Gasteiger partial charge in [-0.3, -0.25) is 4.79 Å². The van der Waals surface area contributed by atoms with Crippen LogP contribution in [-0.4, -0.2) is 39.1 Å². The lowest BCUT2D eigenvalue weighted by Gasteiger charge is -2.37. The van der Waals surface area contributed by atoms with Crippen molar-refractivity contribution in [3.8, 4) is 0 Å². The number of anilines is 2. The fraction of sp³-hybridized carbons (Fsp3) is 0.588. The Morgan fingerprint density at radius 1 is 1.24 bits per heavy atom. The number of hydrogen-bond donors (Lipinski definition) is 1. The first-order valence-corrected chi connectivity index (χ1v) is 7.98. The third-order valence-corrected chi connectivity index (χ3v) is 4.72. The van der Waals surface area contributed by atoms with E-state index in [1.54, 1.807) is 0 Å². The number of hydrogen-bond acceptors (Lipinski definition) is 3. The van der Waals surface area contributed by atoms with Gasteiger partial charge < -0.3 is 15.1 Å². The first-order chi connectivity index (χ1) is 10.1. The molecule has 1 saturated heterocycles. The lowest BCUT2D eigenvalue weighted by Crippen LogP contribution is -2.43. The molecule has 1 amide bonds. The van der Waals surface area contributed by atoms with Crippen LogP contribution in [0.4, 0.5) is 11.4 Å². The molecule has 4 heteroatoms. The molecule has 0 unspecified atom stereocenters. The summed E-state index contributed by atoms with van der Waals surface area (Å²) in [4.78, 5) is 17.0. The summed E-state index contributed by atoms with van der Waals surface area (Å²) in [6.45, 7) is 5.90. The first-order valence-electron chi connectivity index (χ1n) is 7.98. The molecule has 21 heavy (non-hydrogen) atoms. The van der Waals surface area contributed by atoms with E-state index >= 15 is 0 Å². The predicted molar refractivity (Wildman–Crippen MR) is 87.0 cm³/mol. The summed E-state index contributed by atoms with van der Waals surface area (Å²) in [6.07, 6.45) is 2.94. The molecule has 4 nitrogen and oxygen atoms in total. The molecule has 114 valence electrons. The molecule has 2 aliphatic heterocycles. The van der Waals surface area contributed by atoms with Gasteiger partial charge in [0.2, 0.25) is 5.91 Å². The molecule has 2 heterocycles. The second kappa shape index (κ2) is 6.06. The van der Waals surface area contributed by atoms with Crippen LogP contribution in [-0.2, 0) is 4.79 Å². The smallest absolute Gasteiger partial charge is 0.227 e. The maximum atomic E-state index is 12.7. The summed E-state index contributed by atoms with van der Waals surface area (Å²) < 4.78 is 0. The Morgan fingerprint density at radius 2 is 2.00 bits per heavy atom. The fourth-order valence-electron chi connectivity index (χ4n) is 3.37. The highest BCUT2D eigenvalue weighted by Crippen LogP contribution is 2.34. The summed E-state index contributed by atoms with van der Waals surface area (Å²) in [7, 11) is 2.10. The van der Waals surface area contributed by atoms with Gasteiger partial charge in [-0.2, -0.15) is 0 Å². The molecule has 1 aromatic rings. The van der Waals surface area contributed by atoms with Crippen molar-refractivity contribution in [2.75, 3.05) is 43.0 Å². The van der Waals surface area contributed by atoms with Gasteiger partial charge in [-0.1, -0.05) is 6.07 Å². The van der Waals surface area contributed by atoms with Crippen molar-refractivity contribution < 1.29 is 4.79 Å². The van der Waals surface area contributed by atoms with Crippen LogP contribution in [0.1, 0.15) is 24.8 Å². The lowest BCUT2D eigenvalue weighted by molar-refractivity contribution is -0.119.